The van der Waals surface area contributed by atoms with Gasteiger partial charge in [0.05, 0.1) is 26.3 Å². The van der Waals surface area contributed by atoms with Crippen molar-refractivity contribution in [1.82, 2.24) is 9.80 Å². The highest BCUT2D eigenvalue weighted by molar-refractivity contribution is 6.00. The van der Waals surface area contributed by atoms with Gasteiger partial charge in [0.15, 0.2) is 5.75 Å². The van der Waals surface area contributed by atoms with E-state index in [1.54, 1.807) is 4.90 Å². The average Bonchev–Trinajstić information content (AvgIpc) is 2.75. The number of methoxy groups -OCH3 is 3. The van der Waals surface area contributed by atoms with E-state index < -0.39 is 16.5 Å². The third-order valence-electron chi connectivity index (χ3n) is 5.07. The van der Waals surface area contributed by atoms with Crippen molar-refractivity contribution in [2.24, 2.45) is 5.92 Å². The van der Waals surface area contributed by atoms with Crippen LogP contribution < -0.4 is 14.2 Å². The van der Waals surface area contributed by atoms with Gasteiger partial charge in [-0.1, -0.05) is 13.8 Å². The Morgan fingerprint density at radius 1 is 1.03 bits per heavy atom. The molecule has 0 saturated carbocycles. The Morgan fingerprint density at radius 3 is 2.07 bits per heavy atom. The summed E-state index contributed by atoms with van der Waals surface area (Å²) < 4.78 is 15.6. The summed E-state index contributed by atoms with van der Waals surface area (Å²) in [5, 5.41) is 11.7. The first-order valence-corrected chi connectivity index (χ1v) is 9.79. The standard InChI is InChI=1S/C20H29N3O7/c1-13(2)6-7-16(24)21-8-10-22(11-9-21)20(25)14-12-15(28-3)18(29-4)19(30-5)17(14)23(26)27/h12-13H,6-11H2,1-5H3. The monoisotopic (exact) mass is 423 g/mol. The molecular formula is C20H29N3O7. The van der Waals surface area contributed by atoms with Crippen LogP contribution in [0, 0.1) is 16.0 Å². The van der Waals surface area contributed by atoms with E-state index >= 15 is 0 Å². The SMILES string of the molecule is COc1cc(C(=O)N2CCN(C(=O)CCC(C)C)CC2)c([N+](=O)[O-])c(OC)c1OC. The minimum absolute atomic E-state index is 0.0452. The molecule has 1 fully saturated rings. The number of amides is 2. The minimum atomic E-state index is -0.667. The van der Waals surface area contributed by atoms with Crippen LogP contribution in [0.1, 0.15) is 37.0 Å². The van der Waals surface area contributed by atoms with Gasteiger partial charge in [-0.15, -0.1) is 0 Å². The summed E-state index contributed by atoms with van der Waals surface area (Å²) in [7, 11) is 3.97. The summed E-state index contributed by atoms with van der Waals surface area (Å²) in [5.74, 6) is 0.0181. The zero-order chi connectivity index (χ0) is 22.4. The largest absolute Gasteiger partial charge is 0.493 e. The topological polar surface area (TPSA) is 111 Å². The second-order valence-electron chi connectivity index (χ2n) is 7.40. The average molecular weight is 423 g/mol. The van der Waals surface area contributed by atoms with Gasteiger partial charge in [-0.3, -0.25) is 19.7 Å². The molecule has 30 heavy (non-hydrogen) atoms. The highest BCUT2D eigenvalue weighted by atomic mass is 16.6. The van der Waals surface area contributed by atoms with E-state index in [2.05, 4.69) is 13.8 Å². The van der Waals surface area contributed by atoms with Gasteiger partial charge >= 0.3 is 5.69 Å². The maximum Gasteiger partial charge on any atom is 0.327 e. The Balaban J connectivity index is 2.25. The summed E-state index contributed by atoms with van der Waals surface area (Å²) in [6, 6.07) is 1.29. The van der Waals surface area contributed by atoms with Gasteiger partial charge < -0.3 is 24.0 Å². The number of carbonyl (C=O) groups is 2. The Bertz CT molecular complexity index is 802. The van der Waals surface area contributed by atoms with Gasteiger partial charge in [-0.25, -0.2) is 0 Å². The molecule has 0 aromatic heterocycles. The van der Waals surface area contributed by atoms with Gasteiger partial charge in [0, 0.05) is 38.7 Å². The van der Waals surface area contributed by atoms with E-state index in [4.69, 9.17) is 14.2 Å². The lowest BCUT2D eigenvalue weighted by molar-refractivity contribution is -0.386. The normalized spacial score (nSPS) is 13.9. The van der Waals surface area contributed by atoms with Crippen LogP contribution in [0.15, 0.2) is 6.07 Å². The molecule has 0 atom stereocenters. The third kappa shape index (κ3) is 4.92. The van der Waals surface area contributed by atoms with Crippen molar-refractivity contribution in [2.75, 3.05) is 47.5 Å². The highest BCUT2D eigenvalue weighted by Gasteiger charge is 2.35. The fraction of sp³-hybridized carbons (Fsp3) is 0.600. The van der Waals surface area contributed by atoms with Gasteiger partial charge in [0.1, 0.15) is 5.56 Å². The summed E-state index contributed by atoms with van der Waals surface area (Å²) in [6.07, 6.45) is 1.29. The van der Waals surface area contributed by atoms with Gasteiger partial charge in [0.2, 0.25) is 17.4 Å². The molecule has 166 valence electrons. The van der Waals surface area contributed by atoms with Crippen LogP contribution >= 0.6 is 0 Å². The number of carbonyl (C=O) groups excluding carboxylic acids is 2. The number of nitro benzene ring substituents is 1. The second kappa shape index (κ2) is 10.1. The predicted octanol–water partition coefficient (Wildman–Crippen LogP) is 2.34. The second-order valence-corrected chi connectivity index (χ2v) is 7.40. The molecule has 10 nitrogen and oxygen atoms in total. The molecule has 1 aromatic rings. The van der Waals surface area contributed by atoms with E-state index in [0.29, 0.717) is 38.5 Å². The fourth-order valence-electron chi connectivity index (χ4n) is 3.38. The highest BCUT2D eigenvalue weighted by Crippen LogP contribution is 2.46. The van der Waals surface area contributed by atoms with Crippen LogP contribution in [0.25, 0.3) is 0 Å². The molecule has 10 heteroatoms. The van der Waals surface area contributed by atoms with Gasteiger partial charge in [-0.05, 0) is 12.3 Å². The quantitative estimate of drug-likeness (QED) is 0.466. The van der Waals surface area contributed by atoms with E-state index in [-0.39, 0.29) is 28.7 Å². The van der Waals surface area contributed by atoms with Gasteiger partial charge in [0.25, 0.3) is 5.91 Å². The lowest BCUT2D eigenvalue weighted by atomic mass is 10.1. The first kappa shape index (κ1) is 23.2. The molecule has 0 spiro atoms. The molecule has 0 aliphatic carbocycles. The van der Waals surface area contributed by atoms with E-state index in [9.17, 15) is 19.7 Å². The molecule has 1 saturated heterocycles. The number of nitrogens with zero attached hydrogens (tertiary/aromatic N) is 3. The lowest BCUT2D eigenvalue weighted by Crippen LogP contribution is -2.50. The molecule has 1 aliphatic rings. The van der Waals surface area contributed by atoms with Gasteiger partial charge in [-0.2, -0.15) is 0 Å². The zero-order valence-corrected chi connectivity index (χ0v) is 18.1. The number of rotatable bonds is 8. The number of piperazine rings is 1. The van der Waals surface area contributed by atoms with Crippen molar-refractivity contribution in [3.63, 3.8) is 0 Å². The van der Waals surface area contributed by atoms with Crippen molar-refractivity contribution in [2.45, 2.75) is 26.7 Å². The first-order chi connectivity index (χ1) is 14.2. The van der Waals surface area contributed by atoms with E-state index in [0.717, 1.165) is 6.42 Å². The molecule has 0 N–H and O–H groups in total. The van der Waals surface area contributed by atoms with E-state index in [1.165, 1.54) is 32.3 Å². The Labute approximate surface area is 175 Å². The summed E-state index contributed by atoms with van der Waals surface area (Å²) >= 11 is 0. The molecule has 0 radical (unpaired) electrons. The molecular weight excluding hydrogens is 394 g/mol. The molecule has 1 aliphatic heterocycles. The van der Waals surface area contributed by atoms with Crippen molar-refractivity contribution >= 4 is 17.5 Å². The Kier molecular flexibility index (Phi) is 7.85. The van der Waals surface area contributed by atoms with Crippen LogP contribution in [-0.4, -0.2) is 74.0 Å². The molecule has 1 aromatic carbocycles. The van der Waals surface area contributed by atoms with Crippen molar-refractivity contribution < 1.29 is 28.7 Å². The van der Waals surface area contributed by atoms with Crippen molar-refractivity contribution in [3.05, 3.63) is 21.7 Å². The summed E-state index contributed by atoms with van der Waals surface area (Å²) in [5.41, 5.74) is -0.621. The van der Waals surface area contributed by atoms with Crippen molar-refractivity contribution in [1.29, 1.82) is 0 Å². The Morgan fingerprint density at radius 2 is 1.60 bits per heavy atom. The van der Waals surface area contributed by atoms with Crippen LogP contribution in [0.5, 0.6) is 17.2 Å². The number of hydrogen-bond acceptors (Lipinski definition) is 7. The van der Waals surface area contributed by atoms with Crippen molar-refractivity contribution in [3.8, 4) is 17.2 Å². The first-order valence-electron chi connectivity index (χ1n) is 9.79. The third-order valence-corrected chi connectivity index (χ3v) is 5.07. The minimum Gasteiger partial charge on any atom is -0.493 e. The molecule has 0 bridgehead atoms. The number of benzene rings is 1. The number of ether oxygens (including phenoxy) is 3. The van der Waals surface area contributed by atoms with Crippen LogP contribution in [0.3, 0.4) is 0 Å². The molecule has 2 amide bonds. The van der Waals surface area contributed by atoms with Crippen LogP contribution in [0.4, 0.5) is 5.69 Å². The lowest BCUT2D eigenvalue weighted by Gasteiger charge is -2.35. The van der Waals surface area contributed by atoms with Crippen LogP contribution in [-0.2, 0) is 4.79 Å². The van der Waals surface area contributed by atoms with E-state index in [1.807, 2.05) is 0 Å². The zero-order valence-electron chi connectivity index (χ0n) is 18.1. The summed E-state index contributed by atoms with van der Waals surface area (Å²) in [4.78, 5) is 39.7. The number of hydrogen-bond donors (Lipinski definition) is 0. The van der Waals surface area contributed by atoms with Crippen LogP contribution in [0.2, 0.25) is 0 Å². The maximum absolute atomic E-state index is 13.1. The molecule has 1 heterocycles. The predicted molar refractivity (Wildman–Crippen MR) is 109 cm³/mol. The summed E-state index contributed by atoms with van der Waals surface area (Å²) in [6.45, 7) is 5.49. The fourth-order valence-corrected chi connectivity index (χ4v) is 3.38. The molecule has 2 rings (SSSR count). The molecule has 0 unspecified atom stereocenters. The maximum atomic E-state index is 13.1. The smallest absolute Gasteiger partial charge is 0.327 e. The number of nitro groups is 1. The Hall–Kier alpha value is -3.04.